The molecule has 0 atom stereocenters. The molecule has 0 aliphatic heterocycles. The lowest BCUT2D eigenvalue weighted by molar-refractivity contribution is 0.475. The molecule has 0 aromatic heterocycles. The molecule has 0 spiro atoms. The number of aromatic hydroxyl groups is 2. The molecule has 0 aliphatic carbocycles. The van der Waals surface area contributed by atoms with Crippen LogP contribution in [0.15, 0.2) is 83.3 Å². The highest BCUT2D eigenvalue weighted by atomic mass is 79.9. The molecular weight excluding hydrogens is 352 g/mol. The highest BCUT2D eigenvalue weighted by molar-refractivity contribution is 9.10. The van der Waals surface area contributed by atoms with Crippen molar-refractivity contribution in [3.8, 4) is 11.5 Å². The number of halogens is 1. The molecule has 0 aliphatic rings. The summed E-state index contributed by atoms with van der Waals surface area (Å²) < 4.78 is 1.06. The summed E-state index contributed by atoms with van der Waals surface area (Å²) in [6.45, 7) is 0. The Morgan fingerprint density at radius 2 is 1.00 bits per heavy atom. The van der Waals surface area contributed by atoms with Crippen LogP contribution in [0, 0.1) is 0 Å². The van der Waals surface area contributed by atoms with Crippen molar-refractivity contribution in [1.29, 1.82) is 0 Å². The summed E-state index contributed by atoms with van der Waals surface area (Å²) in [6, 6.07) is 24.6. The van der Waals surface area contributed by atoms with E-state index < -0.39 is 0 Å². The summed E-state index contributed by atoms with van der Waals surface area (Å²) in [6.07, 6.45) is 0. The minimum absolute atomic E-state index is 0.310. The molecule has 0 unspecified atom stereocenters. The fourth-order valence-electron chi connectivity index (χ4n) is 2.38. The first-order valence-corrected chi connectivity index (χ1v) is 7.97. The van der Waals surface area contributed by atoms with E-state index in [1.165, 1.54) is 0 Å². The Hall–Kier alpha value is -2.52. The topological polar surface area (TPSA) is 40.5 Å². The molecule has 2 nitrogen and oxygen atoms in total. The Bertz CT molecular complexity index is 922. The maximum atomic E-state index is 9.19. The Morgan fingerprint density at radius 3 is 1.70 bits per heavy atom. The Balaban J connectivity index is 0.000000136. The van der Waals surface area contributed by atoms with Gasteiger partial charge in [0.25, 0.3) is 0 Å². The molecular formula is C20H15BrO2. The van der Waals surface area contributed by atoms with Gasteiger partial charge in [-0.1, -0.05) is 58.4 Å². The molecule has 0 fully saturated rings. The Labute approximate surface area is 142 Å². The van der Waals surface area contributed by atoms with Gasteiger partial charge in [0.2, 0.25) is 0 Å². The van der Waals surface area contributed by atoms with Gasteiger partial charge in [-0.05, 0) is 57.9 Å². The number of fused-ring (bicyclic) bond motifs is 2. The summed E-state index contributed by atoms with van der Waals surface area (Å²) in [5, 5.41) is 22.7. The predicted octanol–water partition coefficient (Wildman–Crippen LogP) is 5.85. The van der Waals surface area contributed by atoms with E-state index in [0.29, 0.717) is 11.5 Å². The van der Waals surface area contributed by atoms with Gasteiger partial charge >= 0.3 is 0 Å². The summed E-state index contributed by atoms with van der Waals surface area (Å²) in [4.78, 5) is 0. The first-order valence-electron chi connectivity index (χ1n) is 7.18. The second kappa shape index (κ2) is 6.71. The van der Waals surface area contributed by atoms with Crippen LogP contribution in [0.4, 0.5) is 0 Å². The number of phenols is 2. The molecule has 0 heterocycles. The van der Waals surface area contributed by atoms with Gasteiger partial charge in [-0.3, -0.25) is 0 Å². The normalized spacial score (nSPS) is 10.3. The van der Waals surface area contributed by atoms with Gasteiger partial charge < -0.3 is 10.2 Å². The maximum Gasteiger partial charge on any atom is 0.116 e. The van der Waals surface area contributed by atoms with Gasteiger partial charge in [0, 0.05) is 4.47 Å². The lowest BCUT2D eigenvalue weighted by atomic mass is 10.1. The van der Waals surface area contributed by atoms with Crippen molar-refractivity contribution in [3.63, 3.8) is 0 Å². The average Bonchev–Trinajstić information content (AvgIpc) is 2.55. The fourth-order valence-corrected chi connectivity index (χ4v) is 2.76. The van der Waals surface area contributed by atoms with Crippen LogP contribution >= 0.6 is 15.9 Å². The lowest BCUT2D eigenvalue weighted by Crippen LogP contribution is -1.71. The molecule has 0 radical (unpaired) electrons. The summed E-state index contributed by atoms with van der Waals surface area (Å²) >= 11 is 3.39. The lowest BCUT2D eigenvalue weighted by Gasteiger charge is -1.98. The van der Waals surface area contributed by atoms with Crippen LogP contribution in [0.5, 0.6) is 11.5 Å². The van der Waals surface area contributed by atoms with Crippen LogP contribution < -0.4 is 0 Å². The molecule has 0 bridgehead atoms. The number of rotatable bonds is 0. The SMILES string of the molecule is Oc1ccc2cc(Br)ccc2c1.Oc1ccc2ccccc2c1. The van der Waals surface area contributed by atoms with Crippen molar-refractivity contribution in [2.24, 2.45) is 0 Å². The minimum atomic E-state index is 0.310. The second-order valence-electron chi connectivity index (χ2n) is 5.21. The van der Waals surface area contributed by atoms with Crippen LogP contribution in [-0.4, -0.2) is 10.2 Å². The largest absolute Gasteiger partial charge is 0.508 e. The van der Waals surface area contributed by atoms with Crippen molar-refractivity contribution >= 4 is 37.5 Å². The van der Waals surface area contributed by atoms with Gasteiger partial charge in [-0.25, -0.2) is 0 Å². The molecule has 4 aromatic rings. The Morgan fingerprint density at radius 1 is 0.522 bits per heavy atom. The van der Waals surface area contributed by atoms with Crippen molar-refractivity contribution < 1.29 is 10.2 Å². The number of benzene rings is 4. The summed E-state index contributed by atoms with van der Waals surface area (Å²) in [5.41, 5.74) is 0. The van der Waals surface area contributed by atoms with Crippen molar-refractivity contribution in [3.05, 3.63) is 83.3 Å². The molecule has 0 amide bonds. The molecule has 4 rings (SSSR count). The number of phenolic OH excluding ortho intramolecular Hbond substituents is 2. The van der Waals surface area contributed by atoms with E-state index in [0.717, 1.165) is 26.0 Å². The minimum Gasteiger partial charge on any atom is -0.508 e. The Kier molecular flexibility index (Phi) is 4.49. The summed E-state index contributed by atoms with van der Waals surface area (Å²) in [7, 11) is 0. The summed E-state index contributed by atoms with van der Waals surface area (Å²) in [5.74, 6) is 0.633. The van der Waals surface area contributed by atoms with Crippen molar-refractivity contribution in [1.82, 2.24) is 0 Å². The standard InChI is InChI=1S/C10H7BrO.C10H8O/c11-9-3-1-8-6-10(12)4-2-7(8)5-9;11-10-6-5-8-3-1-2-4-9(8)7-10/h1-6,12H;1-7,11H. The fraction of sp³-hybridized carbons (Fsp3) is 0. The third-order valence-corrected chi connectivity index (χ3v) is 4.01. The molecule has 0 saturated carbocycles. The molecule has 23 heavy (non-hydrogen) atoms. The van der Waals surface area contributed by atoms with E-state index in [4.69, 9.17) is 5.11 Å². The quantitative estimate of drug-likeness (QED) is 0.409. The van der Waals surface area contributed by atoms with E-state index in [9.17, 15) is 5.11 Å². The molecule has 4 aromatic carbocycles. The van der Waals surface area contributed by atoms with E-state index in [-0.39, 0.29) is 0 Å². The third-order valence-electron chi connectivity index (χ3n) is 3.52. The van der Waals surface area contributed by atoms with Crippen LogP contribution in [0.2, 0.25) is 0 Å². The molecule has 3 heteroatoms. The predicted molar refractivity (Wildman–Crippen MR) is 98.9 cm³/mol. The molecule has 114 valence electrons. The van der Waals surface area contributed by atoms with Crippen molar-refractivity contribution in [2.45, 2.75) is 0 Å². The van der Waals surface area contributed by atoms with E-state index in [2.05, 4.69) is 15.9 Å². The molecule has 2 N–H and O–H groups in total. The van der Waals surface area contributed by atoms with Gasteiger partial charge in [0.1, 0.15) is 11.5 Å². The highest BCUT2D eigenvalue weighted by Crippen LogP contribution is 2.23. The number of hydrogen-bond donors (Lipinski definition) is 2. The van der Waals surface area contributed by atoms with Gasteiger partial charge in [-0.15, -0.1) is 0 Å². The van der Waals surface area contributed by atoms with Crippen LogP contribution in [-0.2, 0) is 0 Å². The van der Waals surface area contributed by atoms with E-state index >= 15 is 0 Å². The highest BCUT2D eigenvalue weighted by Gasteiger charge is 1.95. The number of hydrogen-bond acceptors (Lipinski definition) is 2. The van der Waals surface area contributed by atoms with E-state index in [1.807, 2.05) is 54.6 Å². The monoisotopic (exact) mass is 366 g/mol. The zero-order valence-corrected chi connectivity index (χ0v) is 13.9. The van der Waals surface area contributed by atoms with Crippen LogP contribution in [0.3, 0.4) is 0 Å². The second-order valence-corrected chi connectivity index (χ2v) is 6.12. The zero-order valence-electron chi connectivity index (χ0n) is 12.3. The third kappa shape index (κ3) is 3.82. The maximum absolute atomic E-state index is 9.19. The van der Waals surface area contributed by atoms with Crippen molar-refractivity contribution in [2.75, 3.05) is 0 Å². The van der Waals surface area contributed by atoms with Crippen LogP contribution in [0.25, 0.3) is 21.5 Å². The van der Waals surface area contributed by atoms with Gasteiger partial charge in [0.15, 0.2) is 0 Å². The first kappa shape index (κ1) is 15.4. The molecule has 0 saturated heterocycles. The van der Waals surface area contributed by atoms with E-state index in [1.54, 1.807) is 24.3 Å². The van der Waals surface area contributed by atoms with Crippen LogP contribution in [0.1, 0.15) is 0 Å². The van der Waals surface area contributed by atoms with Gasteiger partial charge in [0.05, 0.1) is 0 Å². The average molecular weight is 367 g/mol. The first-order chi connectivity index (χ1) is 11.1. The zero-order chi connectivity index (χ0) is 16.2. The smallest absolute Gasteiger partial charge is 0.116 e. The van der Waals surface area contributed by atoms with Gasteiger partial charge in [-0.2, -0.15) is 0 Å².